The summed E-state index contributed by atoms with van der Waals surface area (Å²) in [7, 11) is 0. The molecule has 4 nitrogen and oxygen atoms in total. The molecular formula is C16H16FN3O. The molecule has 2 aromatic rings. The molecule has 108 valence electrons. The number of benzene rings is 2. The van der Waals surface area contributed by atoms with Gasteiger partial charge in [0.15, 0.2) is 0 Å². The number of rotatable bonds is 4. The van der Waals surface area contributed by atoms with Crippen LogP contribution in [-0.2, 0) is 0 Å². The highest BCUT2D eigenvalue weighted by molar-refractivity contribution is 5.79. The van der Waals surface area contributed by atoms with E-state index in [0.29, 0.717) is 22.8 Å². The van der Waals surface area contributed by atoms with E-state index in [-0.39, 0.29) is 11.7 Å². The van der Waals surface area contributed by atoms with Crippen LogP contribution in [0.5, 0.6) is 5.75 Å². The van der Waals surface area contributed by atoms with Gasteiger partial charge in [0.05, 0.1) is 28.7 Å². The van der Waals surface area contributed by atoms with E-state index < -0.39 is 5.82 Å². The van der Waals surface area contributed by atoms with Crippen molar-refractivity contribution in [2.24, 2.45) is 0 Å². The highest BCUT2D eigenvalue weighted by Gasteiger charge is 2.10. The van der Waals surface area contributed by atoms with Gasteiger partial charge in [-0.2, -0.15) is 5.26 Å². The van der Waals surface area contributed by atoms with Gasteiger partial charge in [-0.25, -0.2) is 4.39 Å². The van der Waals surface area contributed by atoms with E-state index in [0.717, 1.165) is 0 Å². The second kappa shape index (κ2) is 6.14. The summed E-state index contributed by atoms with van der Waals surface area (Å²) in [6.45, 7) is 3.82. The number of nitrogens with one attached hydrogen (secondary N) is 1. The lowest BCUT2D eigenvalue weighted by Crippen LogP contribution is -2.08. The lowest BCUT2D eigenvalue weighted by atomic mass is 10.1. The molecule has 5 heteroatoms. The Hall–Kier alpha value is -2.74. The topological polar surface area (TPSA) is 71.1 Å². The van der Waals surface area contributed by atoms with Gasteiger partial charge < -0.3 is 15.8 Å². The van der Waals surface area contributed by atoms with Gasteiger partial charge in [-0.05, 0) is 44.2 Å². The summed E-state index contributed by atoms with van der Waals surface area (Å²) in [5.74, 6) is 0.109. The van der Waals surface area contributed by atoms with E-state index in [2.05, 4.69) is 5.32 Å². The number of anilines is 3. The number of hydrogen-bond donors (Lipinski definition) is 2. The molecule has 0 aromatic heterocycles. The zero-order chi connectivity index (χ0) is 15.4. The number of nitriles is 1. The Balaban J connectivity index is 2.34. The smallest absolute Gasteiger partial charge is 0.144 e. The summed E-state index contributed by atoms with van der Waals surface area (Å²) >= 11 is 0. The number of nitrogens with two attached hydrogens (primary N) is 1. The lowest BCUT2D eigenvalue weighted by Gasteiger charge is -2.16. The van der Waals surface area contributed by atoms with Crippen LogP contribution in [-0.4, -0.2) is 6.10 Å². The van der Waals surface area contributed by atoms with Crippen LogP contribution in [0.4, 0.5) is 21.5 Å². The van der Waals surface area contributed by atoms with Crippen LogP contribution in [0.25, 0.3) is 0 Å². The molecule has 21 heavy (non-hydrogen) atoms. The molecule has 0 aliphatic carbocycles. The first-order valence-corrected chi connectivity index (χ1v) is 6.53. The number of para-hydroxylation sites is 1. The number of ether oxygens (including phenoxy) is 1. The maximum absolute atomic E-state index is 13.1. The van der Waals surface area contributed by atoms with Crippen LogP contribution >= 0.6 is 0 Å². The van der Waals surface area contributed by atoms with Gasteiger partial charge in [0.25, 0.3) is 0 Å². The minimum Gasteiger partial charge on any atom is -0.489 e. The average Bonchev–Trinajstić information content (AvgIpc) is 2.44. The van der Waals surface area contributed by atoms with Crippen molar-refractivity contribution >= 4 is 17.1 Å². The summed E-state index contributed by atoms with van der Waals surface area (Å²) in [4.78, 5) is 0. The highest BCUT2D eigenvalue weighted by Crippen LogP contribution is 2.33. The fourth-order valence-electron chi connectivity index (χ4n) is 1.87. The molecular weight excluding hydrogens is 269 g/mol. The monoisotopic (exact) mass is 285 g/mol. The molecule has 0 aliphatic heterocycles. The molecule has 0 spiro atoms. The first-order chi connectivity index (χ1) is 10.0. The maximum Gasteiger partial charge on any atom is 0.144 e. The standard InChI is InChI=1S/C16H16FN3O/c1-10(2)21-15-5-3-4-14(16(15)19)20-13-7-6-12(17)8-11(13)9-18/h3-8,10,20H,19H2,1-2H3. The van der Waals surface area contributed by atoms with E-state index in [1.165, 1.54) is 18.2 Å². The van der Waals surface area contributed by atoms with E-state index in [4.69, 9.17) is 15.7 Å². The van der Waals surface area contributed by atoms with Crippen LogP contribution in [0, 0.1) is 17.1 Å². The number of nitrogens with zero attached hydrogens (tertiary/aromatic N) is 1. The predicted molar refractivity (Wildman–Crippen MR) is 81.0 cm³/mol. The largest absolute Gasteiger partial charge is 0.489 e. The highest BCUT2D eigenvalue weighted by atomic mass is 19.1. The molecule has 0 amide bonds. The van der Waals surface area contributed by atoms with Crippen molar-refractivity contribution in [1.82, 2.24) is 0 Å². The Kier molecular flexibility index (Phi) is 4.29. The molecule has 0 atom stereocenters. The minimum absolute atomic E-state index is 0.00282. The quantitative estimate of drug-likeness (QED) is 0.838. The van der Waals surface area contributed by atoms with Gasteiger partial charge in [-0.15, -0.1) is 0 Å². The van der Waals surface area contributed by atoms with Gasteiger partial charge in [0.2, 0.25) is 0 Å². The second-order valence-corrected chi connectivity index (χ2v) is 4.81. The van der Waals surface area contributed by atoms with Crippen molar-refractivity contribution in [2.45, 2.75) is 20.0 Å². The fourth-order valence-corrected chi connectivity index (χ4v) is 1.87. The Morgan fingerprint density at radius 1 is 1.24 bits per heavy atom. The Morgan fingerprint density at radius 3 is 2.67 bits per heavy atom. The first kappa shape index (κ1) is 14.7. The normalized spacial score (nSPS) is 10.2. The summed E-state index contributed by atoms with van der Waals surface area (Å²) in [5, 5.41) is 12.1. The lowest BCUT2D eigenvalue weighted by molar-refractivity contribution is 0.244. The van der Waals surface area contributed by atoms with Crippen LogP contribution in [0.2, 0.25) is 0 Å². The van der Waals surface area contributed by atoms with Crippen LogP contribution in [0.15, 0.2) is 36.4 Å². The van der Waals surface area contributed by atoms with Gasteiger partial charge in [-0.3, -0.25) is 0 Å². The number of halogens is 1. The van der Waals surface area contributed by atoms with Crippen molar-refractivity contribution in [1.29, 1.82) is 5.26 Å². The van der Waals surface area contributed by atoms with E-state index in [9.17, 15) is 4.39 Å². The fraction of sp³-hybridized carbons (Fsp3) is 0.188. The van der Waals surface area contributed by atoms with E-state index in [1.54, 1.807) is 18.2 Å². The van der Waals surface area contributed by atoms with Crippen LogP contribution in [0.1, 0.15) is 19.4 Å². The average molecular weight is 285 g/mol. The SMILES string of the molecule is CC(C)Oc1cccc(Nc2ccc(F)cc2C#N)c1N. The van der Waals surface area contributed by atoms with Crippen molar-refractivity contribution in [3.63, 3.8) is 0 Å². The van der Waals surface area contributed by atoms with Crippen LogP contribution in [0.3, 0.4) is 0 Å². The van der Waals surface area contributed by atoms with E-state index in [1.807, 2.05) is 19.9 Å². The van der Waals surface area contributed by atoms with Gasteiger partial charge in [0, 0.05) is 0 Å². The Morgan fingerprint density at radius 2 is 2.00 bits per heavy atom. The predicted octanol–water partition coefficient (Wildman–Crippen LogP) is 3.81. The molecule has 0 aliphatic rings. The van der Waals surface area contributed by atoms with Gasteiger partial charge >= 0.3 is 0 Å². The third kappa shape index (κ3) is 3.42. The van der Waals surface area contributed by atoms with Crippen molar-refractivity contribution < 1.29 is 9.13 Å². The molecule has 0 saturated carbocycles. The van der Waals surface area contributed by atoms with Gasteiger partial charge in [0.1, 0.15) is 17.6 Å². The van der Waals surface area contributed by atoms with Crippen molar-refractivity contribution in [3.8, 4) is 11.8 Å². The number of hydrogen-bond acceptors (Lipinski definition) is 4. The Labute approximate surface area is 123 Å². The summed E-state index contributed by atoms with van der Waals surface area (Å²) in [6.07, 6.45) is 0.00282. The Bertz CT molecular complexity index is 692. The molecule has 2 rings (SSSR count). The third-order valence-electron chi connectivity index (χ3n) is 2.80. The number of nitrogen functional groups attached to an aromatic ring is 1. The molecule has 0 heterocycles. The summed E-state index contributed by atoms with van der Waals surface area (Å²) in [6, 6.07) is 11.3. The molecule has 0 bridgehead atoms. The molecule has 0 saturated heterocycles. The summed E-state index contributed by atoms with van der Waals surface area (Å²) < 4.78 is 18.7. The van der Waals surface area contributed by atoms with Crippen LogP contribution < -0.4 is 15.8 Å². The maximum atomic E-state index is 13.1. The molecule has 0 unspecified atom stereocenters. The minimum atomic E-state index is -0.457. The first-order valence-electron chi connectivity index (χ1n) is 6.53. The van der Waals surface area contributed by atoms with E-state index >= 15 is 0 Å². The third-order valence-corrected chi connectivity index (χ3v) is 2.80. The zero-order valence-electron chi connectivity index (χ0n) is 11.9. The molecule has 3 N–H and O–H groups in total. The molecule has 2 aromatic carbocycles. The zero-order valence-corrected chi connectivity index (χ0v) is 11.9. The second-order valence-electron chi connectivity index (χ2n) is 4.81. The van der Waals surface area contributed by atoms with Crippen molar-refractivity contribution in [2.75, 3.05) is 11.1 Å². The van der Waals surface area contributed by atoms with Gasteiger partial charge in [-0.1, -0.05) is 6.07 Å². The molecule has 0 radical (unpaired) electrons. The molecule has 0 fully saturated rings. The summed E-state index contributed by atoms with van der Waals surface area (Å²) in [5.41, 5.74) is 7.81. The van der Waals surface area contributed by atoms with Crippen molar-refractivity contribution in [3.05, 3.63) is 47.8 Å².